The van der Waals surface area contributed by atoms with E-state index in [1.165, 1.54) is 0 Å². The summed E-state index contributed by atoms with van der Waals surface area (Å²) in [7, 11) is -1.70. The SMILES string of the molecule is CCOP(=O)(OCC)C(Cc1ccccc1)Nc1ccc(OC)cc1. The van der Waals surface area contributed by atoms with E-state index < -0.39 is 13.4 Å². The van der Waals surface area contributed by atoms with Gasteiger partial charge in [-0.1, -0.05) is 30.3 Å². The molecule has 1 unspecified atom stereocenters. The third-order valence-electron chi connectivity index (χ3n) is 3.69. The fourth-order valence-electron chi connectivity index (χ4n) is 2.54. The van der Waals surface area contributed by atoms with Gasteiger partial charge >= 0.3 is 7.60 Å². The number of ether oxygens (including phenoxy) is 1. The van der Waals surface area contributed by atoms with Crippen LogP contribution in [0.4, 0.5) is 5.69 Å². The lowest BCUT2D eigenvalue weighted by atomic mass is 10.1. The summed E-state index contributed by atoms with van der Waals surface area (Å²) >= 11 is 0. The van der Waals surface area contributed by atoms with Crippen molar-refractivity contribution in [2.24, 2.45) is 0 Å². The lowest BCUT2D eigenvalue weighted by Gasteiger charge is -2.28. The van der Waals surface area contributed by atoms with Crippen molar-refractivity contribution in [1.82, 2.24) is 0 Å². The monoisotopic (exact) mass is 363 g/mol. The van der Waals surface area contributed by atoms with E-state index in [1.807, 2.05) is 68.4 Å². The zero-order valence-corrected chi connectivity index (χ0v) is 15.9. The second-order valence-electron chi connectivity index (χ2n) is 5.45. The molecule has 0 amide bonds. The summed E-state index contributed by atoms with van der Waals surface area (Å²) in [5, 5.41) is 3.32. The molecule has 1 N–H and O–H groups in total. The summed E-state index contributed by atoms with van der Waals surface area (Å²) in [4.78, 5) is 0. The van der Waals surface area contributed by atoms with Crippen LogP contribution in [0.2, 0.25) is 0 Å². The Kier molecular flexibility index (Phi) is 7.51. The third-order valence-corrected chi connectivity index (χ3v) is 6.01. The number of hydrogen-bond acceptors (Lipinski definition) is 5. The summed E-state index contributed by atoms with van der Waals surface area (Å²) < 4.78 is 29.6. The van der Waals surface area contributed by atoms with Crippen LogP contribution in [0.15, 0.2) is 54.6 Å². The summed E-state index contributed by atoms with van der Waals surface area (Å²) in [6, 6.07) is 17.4. The molecule has 0 aromatic heterocycles. The number of hydrogen-bond donors (Lipinski definition) is 1. The van der Waals surface area contributed by atoms with Crippen molar-refractivity contribution in [3.63, 3.8) is 0 Å². The molecule has 0 radical (unpaired) electrons. The minimum atomic E-state index is -3.32. The molecular weight excluding hydrogens is 337 g/mol. The summed E-state index contributed by atoms with van der Waals surface area (Å²) in [5.41, 5.74) is 1.90. The highest BCUT2D eigenvalue weighted by atomic mass is 31.2. The molecule has 0 bridgehead atoms. The lowest BCUT2D eigenvalue weighted by molar-refractivity contribution is 0.213. The molecule has 2 aromatic rings. The second-order valence-corrected chi connectivity index (χ2v) is 7.67. The van der Waals surface area contributed by atoms with Gasteiger partial charge in [-0.3, -0.25) is 4.57 Å². The van der Waals surface area contributed by atoms with Crippen LogP contribution in [-0.4, -0.2) is 26.1 Å². The van der Waals surface area contributed by atoms with E-state index in [0.717, 1.165) is 17.0 Å². The Hall–Kier alpha value is -1.81. The molecule has 0 saturated heterocycles. The first-order valence-corrected chi connectivity index (χ1v) is 10.1. The van der Waals surface area contributed by atoms with Crippen LogP contribution in [0.25, 0.3) is 0 Å². The van der Waals surface area contributed by atoms with E-state index in [0.29, 0.717) is 19.6 Å². The van der Waals surface area contributed by atoms with Gasteiger partial charge < -0.3 is 19.1 Å². The van der Waals surface area contributed by atoms with E-state index in [4.69, 9.17) is 13.8 Å². The fourth-order valence-corrected chi connectivity index (χ4v) is 4.43. The summed E-state index contributed by atoms with van der Waals surface area (Å²) in [6.45, 7) is 4.29. The van der Waals surface area contributed by atoms with E-state index in [9.17, 15) is 4.57 Å². The highest BCUT2D eigenvalue weighted by Crippen LogP contribution is 2.54. The first kappa shape index (κ1) is 19.5. The van der Waals surface area contributed by atoms with Crippen molar-refractivity contribution in [2.75, 3.05) is 25.6 Å². The van der Waals surface area contributed by atoms with Crippen molar-refractivity contribution in [3.8, 4) is 5.75 Å². The zero-order valence-electron chi connectivity index (χ0n) is 15.0. The lowest BCUT2D eigenvalue weighted by Crippen LogP contribution is -2.25. The molecule has 0 aliphatic rings. The van der Waals surface area contributed by atoms with Gasteiger partial charge in [0.15, 0.2) is 0 Å². The summed E-state index contributed by atoms with van der Waals surface area (Å²) in [5.74, 6) is 0.283. The Balaban J connectivity index is 2.27. The molecule has 0 saturated carbocycles. The van der Waals surface area contributed by atoms with Crippen molar-refractivity contribution < 1.29 is 18.3 Å². The van der Waals surface area contributed by atoms with Gasteiger partial charge in [0.1, 0.15) is 11.5 Å². The topological polar surface area (TPSA) is 56.8 Å². The van der Waals surface area contributed by atoms with Crippen LogP contribution in [0, 0.1) is 0 Å². The second kappa shape index (κ2) is 9.62. The highest BCUT2D eigenvalue weighted by Gasteiger charge is 2.35. The molecule has 2 aromatic carbocycles. The molecule has 0 spiro atoms. The average Bonchev–Trinajstić information content (AvgIpc) is 2.63. The zero-order chi connectivity index (χ0) is 18.1. The Morgan fingerprint density at radius 1 is 0.960 bits per heavy atom. The maximum atomic E-state index is 13.3. The van der Waals surface area contributed by atoms with E-state index in [1.54, 1.807) is 7.11 Å². The van der Waals surface area contributed by atoms with Gasteiger partial charge in [0.05, 0.1) is 20.3 Å². The third kappa shape index (κ3) is 5.60. The minimum absolute atomic E-state index is 0.326. The van der Waals surface area contributed by atoms with Crippen LogP contribution in [0.5, 0.6) is 5.75 Å². The first-order chi connectivity index (χ1) is 12.1. The Bertz CT molecular complexity index is 666. The molecule has 5 nitrogen and oxygen atoms in total. The average molecular weight is 363 g/mol. The highest BCUT2D eigenvalue weighted by molar-refractivity contribution is 7.54. The van der Waals surface area contributed by atoms with E-state index in [-0.39, 0.29) is 0 Å². The number of methoxy groups -OCH3 is 1. The van der Waals surface area contributed by atoms with Crippen molar-refractivity contribution in [3.05, 3.63) is 60.2 Å². The van der Waals surface area contributed by atoms with Crippen LogP contribution in [-0.2, 0) is 20.0 Å². The van der Waals surface area contributed by atoms with E-state index in [2.05, 4.69) is 5.32 Å². The van der Waals surface area contributed by atoms with Crippen LogP contribution in [0.3, 0.4) is 0 Å². The molecule has 2 rings (SSSR count). The normalized spacial score (nSPS) is 12.6. The van der Waals surface area contributed by atoms with E-state index >= 15 is 0 Å². The largest absolute Gasteiger partial charge is 0.497 e. The number of nitrogens with one attached hydrogen (secondary N) is 1. The Labute approximate surface area is 149 Å². The molecule has 1 atom stereocenters. The molecular formula is C19H26NO4P. The predicted molar refractivity (Wildman–Crippen MR) is 101 cm³/mol. The van der Waals surface area contributed by atoms with Crippen LogP contribution >= 0.6 is 7.60 Å². The maximum absolute atomic E-state index is 13.3. The number of anilines is 1. The maximum Gasteiger partial charge on any atom is 0.352 e. The van der Waals surface area contributed by atoms with Crippen molar-refractivity contribution in [1.29, 1.82) is 0 Å². The molecule has 0 fully saturated rings. The molecule has 25 heavy (non-hydrogen) atoms. The Morgan fingerprint density at radius 3 is 2.08 bits per heavy atom. The van der Waals surface area contributed by atoms with Gasteiger partial charge in [-0.05, 0) is 43.7 Å². The van der Waals surface area contributed by atoms with Crippen molar-refractivity contribution in [2.45, 2.75) is 26.1 Å². The number of benzene rings is 2. The molecule has 0 heterocycles. The first-order valence-electron chi connectivity index (χ1n) is 8.44. The van der Waals surface area contributed by atoms with Crippen LogP contribution in [0.1, 0.15) is 19.4 Å². The van der Waals surface area contributed by atoms with Gasteiger partial charge in [-0.25, -0.2) is 0 Å². The molecule has 6 heteroatoms. The van der Waals surface area contributed by atoms with Gasteiger partial charge in [0.25, 0.3) is 0 Å². The smallest absolute Gasteiger partial charge is 0.352 e. The van der Waals surface area contributed by atoms with Gasteiger partial charge in [0, 0.05) is 12.1 Å². The quantitative estimate of drug-likeness (QED) is 0.606. The predicted octanol–water partition coefficient (Wildman–Crippen LogP) is 4.94. The van der Waals surface area contributed by atoms with Crippen LogP contribution < -0.4 is 10.1 Å². The fraction of sp³-hybridized carbons (Fsp3) is 0.368. The Morgan fingerprint density at radius 2 is 1.56 bits per heavy atom. The minimum Gasteiger partial charge on any atom is -0.497 e. The standard InChI is InChI=1S/C19H26NO4P/c1-4-23-25(21,24-5-2)19(15-16-9-7-6-8-10-16)20-17-11-13-18(22-3)14-12-17/h6-14,19-20H,4-5,15H2,1-3H3. The summed E-state index contributed by atoms with van der Waals surface area (Å²) in [6.07, 6.45) is 0.532. The molecule has 0 aliphatic heterocycles. The van der Waals surface area contributed by atoms with Gasteiger partial charge in [0.2, 0.25) is 0 Å². The van der Waals surface area contributed by atoms with Crippen molar-refractivity contribution >= 4 is 13.3 Å². The number of rotatable bonds is 10. The molecule has 136 valence electrons. The van der Waals surface area contributed by atoms with Gasteiger partial charge in [-0.15, -0.1) is 0 Å². The molecule has 0 aliphatic carbocycles. The van der Waals surface area contributed by atoms with Gasteiger partial charge in [-0.2, -0.15) is 0 Å².